The summed E-state index contributed by atoms with van der Waals surface area (Å²) < 4.78 is 18.0. The molecule has 5 nitrogen and oxygen atoms in total. The number of H-pyrrole nitrogens is 1. The Labute approximate surface area is 121 Å². The third-order valence-electron chi connectivity index (χ3n) is 3.81. The van der Waals surface area contributed by atoms with Crippen molar-refractivity contribution in [2.75, 3.05) is 26.8 Å². The number of nitrogens with zero attached hydrogens (tertiary/aromatic N) is 1. The maximum absolute atomic E-state index is 13.1. The minimum absolute atomic E-state index is 0.0546. The first-order valence-corrected chi connectivity index (χ1v) is 6.75. The van der Waals surface area contributed by atoms with Crippen molar-refractivity contribution >= 4 is 16.8 Å². The molecule has 1 aromatic heterocycles. The highest BCUT2D eigenvalue weighted by Gasteiger charge is 2.43. The first kappa shape index (κ1) is 14.0. The molecule has 0 spiro atoms. The smallest absolute Gasteiger partial charge is 0.227 e. The molecule has 1 amide bonds. The van der Waals surface area contributed by atoms with Crippen LogP contribution in [0.2, 0.25) is 0 Å². The Kier molecular flexibility index (Phi) is 3.43. The summed E-state index contributed by atoms with van der Waals surface area (Å²) in [4.78, 5) is 16.7. The lowest BCUT2D eigenvalue weighted by Gasteiger charge is -2.46. The van der Waals surface area contributed by atoms with Gasteiger partial charge in [-0.2, -0.15) is 0 Å². The molecule has 1 aromatic carbocycles. The highest BCUT2D eigenvalue weighted by atomic mass is 19.1. The second-order valence-corrected chi connectivity index (χ2v) is 5.59. The number of benzene rings is 1. The summed E-state index contributed by atoms with van der Waals surface area (Å²) in [5, 5.41) is 10.8. The molecular weight excluding hydrogens is 275 g/mol. The van der Waals surface area contributed by atoms with Gasteiger partial charge in [0.15, 0.2) is 0 Å². The second-order valence-electron chi connectivity index (χ2n) is 5.59. The molecule has 3 rings (SSSR count). The normalized spacial score (nSPS) is 17.0. The summed E-state index contributed by atoms with van der Waals surface area (Å²) in [6, 6.07) is 4.45. The van der Waals surface area contributed by atoms with Gasteiger partial charge in [0.1, 0.15) is 11.4 Å². The minimum Gasteiger partial charge on any atom is -0.384 e. The van der Waals surface area contributed by atoms with Gasteiger partial charge in [-0.25, -0.2) is 4.39 Å². The van der Waals surface area contributed by atoms with Crippen LogP contribution in [0.15, 0.2) is 24.4 Å². The van der Waals surface area contributed by atoms with Crippen LogP contribution in [0.5, 0.6) is 0 Å². The van der Waals surface area contributed by atoms with Crippen LogP contribution in [0.25, 0.3) is 10.9 Å². The third kappa shape index (κ3) is 2.64. The number of β-amino-alcohol motifs (C(OH)–C–C–N with tert-alkyl or cyclic N) is 1. The largest absolute Gasteiger partial charge is 0.384 e. The first-order valence-electron chi connectivity index (χ1n) is 6.75. The Balaban J connectivity index is 1.68. The van der Waals surface area contributed by atoms with Crippen LogP contribution in [0, 0.1) is 5.82 Å². The quantitative estimate of drug-likeness (QED) is 0.886. The van der Waals surface area contributed by atoms with Crippen LogP contribution in [0.4, 0.5) is 4.39 Å². The van der Waals surface area contributed by atoms with E-state index in [1.54, 1.807) is 17.2 Å². The summed E-state index contributed by atoms with van der Waals surface area (Å²) in [7, 11) is 1.52. The number of fused-ring (bicyclic) bond motifs is 1. The van der Waals surface area contributed by atoms with Gasteiger partial charge in [-0.3, -0.25) is 4.79 Å². The van der Waals surface area contributed by atoms with Crippen molar-refractivity contribution in [3.63, 3.8) is 0 Å². The van der Waals surface area contributed by atoms with E-state index in [1.807, 2.05) is 0 Å². The molecule has 2 aromatic rings. The van der Waals surface area contributed by atoms with E-state index in [0.29, 0.717) is 5.52 Å². The topological polar surface area (TPSA) is 65.6 Å². The monoisotopic (exact) mass is 292 g/mol. The maximum Gasteiger partial charge on any atom is 0.227 e. The maximum atomic E-state index is 13.1. The van der Waals surface area contributed by atoms with Crippen molar-refractivity contribution in [1.82, 2.24) is 9.88 Å². The van der Waals surface area contributed by atoms with Gasteiger partial charge in [0, 0.05) is 24.2 Å². The van der Waals surface area contributed by atoms with Crippen LogP contribution in [-0.4, -0.2) is 53.3 Å². The van der Waals surface area contributed by atoms with Gasteiger partial charge in [-0.05, 0) is 23.8 Å². The molecule has 1 aliphatic heterocycles. The predicted molar refractivity (Wildman–Crippen MR) is 75.4 cm³/mol. The molecular formula is C15H17FN2O3. The molecule has 0 radical (unpaired) electrons. The minimum atomic E-state index is -0.923. The van der Waals surface area contributed by atoms with Crippen LogP contribution in [0.3, 0.4) is 0 Å². The Morgan fingerprint density at radius 2 is 2.29 bits per heavy atom. The lowest BCUT2D eigenvalue weighted by Crippen LogP contribution is -2.65. The Hall–Kier alpha value is -1.92. The molecule has 6 heteroatoms. The Morgan fingerprint density at radius 3 is 3.00 bits per heavy atom. The zero-order chi connectivity index (χ0) is 15.0. The van der Waals surface area contributed by atoms with Crippen molar-refractivity contribution in [3.05, 3.63) is 35.8 Å². The molecule has 0 unspecified atom stereocenters. The number of aliphatic hydroxyl groups is 1. The second kappa shape index (κ2) is 5.13. The standard InChI is InChI=1S/C15H17FN2O3/c1-21-9-15(20)7-18(8-15)14(19)4-10-6-17-13-5-11(16)2-3-12(10)13/h2-3,5-6,17,20H,4,7-9H2,1H3. The van der Waals surface area contributed by atoms with Crippen molar-refractivity contribution in [2.24, 2.45) is 0 Å². The molecule has 1 aliphatic rings. The molecule has 1 fully saturated rings. The highest BCUT2D eigenvalue weighted by Crippen LogP contribution is 2.24. The zero-order valence-electron chi connectivity index (χ0n) is 11.7. The molecule has 0 bridgehead atoms. The van der Waals surface area contributed by atoms with E-state index in [1.165, 1.54) is 19.2 Å². The Morgan fingerprint density at radius 1 is 1.52 bits per heavy atom. The fourth-order valence-corrected chi connectivity index (χ4v) is 2.78. The van der Waals surface area contributed by atoms with Gasteiger partial charge in [0.25, 0.3) is 0 Å². The predicted octanol–water partition coefficient (Wildman–Crippen LogP) is 1.07. The number of carbonyl (C=O) groups is 1. The van der Waals surface area contributed by atoms with Crippen molar-refractivity contribution in [3.8, 4) is 0 Å². The van der Waals surface area contributed by atoms with E-state index in [4.69, 9.17) is 4.74 Å². The van der Waals surface area contributed by atoms with E-state index < -0.39 is 5.60 Å². The molecule has 0 aliphatic carbocycles. The first-order chi connectivity index (χ1) is 10.0. The summed E-state index contributed by atoms with van der Waals surface area (Å²) in [6.07, 6.45) is 1.96. The van der Waals surface area contributed by atoms with Gasteiger partial charge >= 0.3 is 0 Å². The number of amides is 1. The number of hydrogen-bond donors (Lipinski definition) is 2. The SMILES string of the molecule is COCC1(O)CN(C(=O)Cc2c[nH]c3cc(F)ccc23)C1. The van der Waals surface area contributed by atoms with Crippen LogP contribution >= 0.6 is 0 Å². The fourth-order valence-electron chi connectivity index (χ4n) is 2.78. The van der Waals surface area contributed by atoms with E-state index in [-0.39, 0.29) is 37.8 Å². The fraction of sp³-hybridized carbons (Fsp3) is 0.400. The average molecular weight is 292 g/mol. The number of ether oxygens (including phenoxy) is 1. The number of likely N-dealkylation sites (tertiary alicyclic amines) is 1. The zero-order valence-corrected chi connectivity index (χ0v) is 11.7. The third-order valence-corrected chi connectivity index (χ3v) is 3.81. The summed E-state index contributed by atoms with van der Waals surface area (Å²) >= 11 is 0. The molecule has 1 saturated heterocycles. The molecule has 0 atom stereocenters. The number of aromatic nitrogens is 1. The number of nitrogens with one attached hydrogen (secondary N) is 1. The molecule has 112 valence electrons. The van der Waals surface area contributed by atoms with E-state index in [9.17, 15) is 14.3 Å². The van der Waals surface area contributed by atoms with E-state index in [2.05, 4.69) is 4.98 Å². The van der Waals surface area contributed by atoms with Crippen LogP contribution in [-0.2, 0) is 16.0 Å². The van der Waals surface area contributed by atoms with Gasteiger partial charge in [0.05, 0.1) is 26.1 Å². The van der Waals surface area contributed by atoms with Crippen molar-refractivity contribution < 1.29 is 19.0 Å². The number of aromatic amines is 1. The Bertz CT molecular complexity index is 677. The number of rotatable bonds is 4. The molecule has 0 saturated carbocycles. The summed E-state index contributed by atoms with van der Waals surface area (Å²) in [5.41, 5.74) is 0.586. The average Bonchev–Trinajstić information content (AvgIpc) is 2.78. The number of carbonyl (C=O) groups excluding carboxylic acids is 1. The van der Waals surface area contributed by atoms with E-state index >= 15 is 0 Å². The van der Waals surface area contributed by atoms with Crippen molar-refractivity contribution in [1.29, 1.82) is 0 Å². The lowest BCUT2D eigenvalue weighted by molar-refractivity contribution is -0.164. The summed E-state index contributed by atoms with van der Waals surface area (Å²) in [5.74, 6) is -0.365. The van der Waals surface area contributed by atoms with Gasteiger partial charge < -0.3 is 19.7 Å². The van der Waals surface area contributed by atoms with Crippen molar-refractivity contribution in [2.45, 2.75) is 12.0 Å². The van der Waals surface area contributed by atoms with Gasteiger partial charge in [-0.15, -0.1) is 0 Å². The number of hydrogen-bond acceptors (Lipinski definition) is 3. The molecule has 21 heavy (non-hydrogen) atoms. The molecule has 2 N–H and O–H groups in total. The molecule has 2 heterocycles. The summed E-state index contributed by atoms with van der Waals surface area (Å²) in [6.45, 7) is 0.802. The van der Waals surface area contributed by atoms with Crippen LogP contribution in [0.1, 0.15) is 5.56 Å². The highest BCUT2D eigenvalue weighted by molar-refractivity contribution is 5.89. The van der Waals surface area contributed by atoms with Crippen LogP contribution < -0.4 is 0 Å². The number of halogens is 1. The lowest BCUT2D eigenvalue weighted by atomic mass is 9.94. The number of methoxy groups -OCH3 is 1. The van der Waals surface area contributed by atoms with Gasteiger partial charge in [-0.1, -0.05) is 0 Å². The van der Waals surface area contributed by atoms with Gasteiger partial charge in [0.2, 0.25) is 5.91 Å². The van der Waals surface area contributed by atoms with E-state index in [0.717, 1.165) is 10.9 Å².